The van der Waals surface area contributed by atoms with Crippen molar-refractivity contribution in [2.75, 3.05) is 32.9 Å². The van der Waals surface area contributed by atoms with Gasteiger partial charge in [0.1, 0.15) is 5.82 Å². The van der Waals surface area contributed by atoms with Crippen LogP contribution >= 0.6 is 0 Å². The number of ether oxygens (including phenoxy) is 1. The Morgan fingerprint density at radius 3 is 3.00 bits per heavy atom. The van der Waals surface area contributed by atoms with Gasteiger partial charge in [0.15, 0.2) is 0 Å². The number of aromatic amines is 1. The Morgan fingerprint density at radius 1 is 1.30 bits per heavy atom. The van der Waals surface area contributed by atoms with Crippen LogP contribution in [-0.4, -0.2) is 48.0 Å². The lowest BCUT2D eigenvalue weighted by Crippen LogP contribution is -2.23. The molecule has 2 rings (SSSR count). The molecule has 0 atom stereocenters. The van der Waals surface area contributed by atoms with Gasteiger partial charge in [-0.3, -0.25) is 0 Å². The second kappa shape index (κ2) is 7.99. The summed E-state index contributed by atoms with van der Waals surface area (Å²) in [7, 11) is 0. The van der Waals surface area contributed by atoms with Gasteiger partial charge >= 0.3 is 0 Å². The number of imidazole rings is 1. The van der Waals surface area contributed by atoms with E-state index in [4.69, 9.17) is 9.84 Å². The van der Waals surface area contributed by atoms with Crippen LogP contribution in [-0.2, 0) is 17.6 Å². The molecule has 20 heavy (non-hydrogen) atoms. The molecule has 0 radical (unpaired) electrons. The van der Waals surface area contributed by atoms with Crippen molar-refractivity contribution >= 4 is 11.0 Å². The predicted molar refractivity (Wildman–Crippen MR) is 80.0 cm³/mol. The highest BCUT2D eigenvalue weighted by Crippen LogP contribution is 2.14. The number of aliphatic hydroxyl groups is 1. The van der Waals surface area contributed by atoms with E-state index in [1.165, 1.54) is 5.56 Å². The molecule has 3 N–H and O–H groups in total. The van der Waals surface area contributed by atoms with Crippen LogP contribution < -0.4 is 5.32 Å². The fourth-order valence-corrected chi connectivity index (χ4v) is 2.09. The molecule has 0 saturated carbocycles. The molecule has 1 aromatic carbocycles. The first kappa shape index (κ1) is 15.0. The molecule has 1 heterocycles. The molecule has 0 aliphatic rings. The molecule has 0 amide bonds. The molecule has 1 aromatic heterocycles. The molecular formula is C15H23N3O2. The van der Waals surface area contributed by atoms with Gasteiger partial charge in [-0.05, 0) is 24.1 Å². The first-order valence-corrected chi connectivity index (χ1v) is 7.20. The Labute approximate surface area is 119 Å². The summed E-state index contributed by atoms with van der Waals surface area (Å²) in [5.41, 5.74) is 3.47. The molecule has 110 valence electrons. The molecule has 5 nitrogen and oxygen atoms in total. The number of nitrogens with one attached hydrogen (secondary N) is 2. The number of fused-ring (bicyclic) bond motifs is 1. The van der Waals surface area contributed by atoms with E-state index in [0.717, 1.165) is 42.8 Å². The number of rotatable bonds is 9. The van der Waals surface area contributed by atoms with Crippen molar-refractivity contribution < 1.29 is 9.84 Å². The lowest BCUT2D eigenvalue weighted by atomic mass is 10.1. The Balaban J connectivity index is 1.76. The van der Waals surface area contributed by atoms with E-state index in [1.807, 2.05) is 0 Å². The second-order valence-electron chi connectivity index (χ2n) is 4.72. The van der Waals surface area contributed by atoms with Gasteiger partial charge in [-0.25, -0.2) is 4.98 Å². The molecule has 0 spiro atoms. The highest BCUT2D eigenvalue weighted by atomic mass is 16.5. The molecule has 0 unspecified atom stereocenters. The Morgan fingerprint density at radius 2 is 2.20 bits per heavy atom. The van der Waals surface area contributed by atoms with Crippen molar-refractivity contribution in [3.63, 3.8) is 0 Å². The molecule has 0 fully saturated rings. The maximum Gasteiger partial charge on any atom is 0.108 e. The fraction of sp³-hybridized carbons (Fsp3) is 0.533. The highest BCUT2D eigenvalue weighted by molar-refractivity contribution is 5.75. The minimum atomic E-state index is 0.0821. The number of hydrogen-bond donors (Lipinski definition) is 3. The normalized spacial score (nSPS) is 11.3. The summed E-state index contributed by atoms with van der Waals surface area (Å²) in [5, 5.41) is 11.9. The maximum atomic E-state index is 8.57. The SMILES string of the molecule is CCc1ccc2nc(CCNCCOCCO)[nH]c2c1. The van der Waals surface area contributed by atoms with Gasteiger partial charge in [-0.2, -0.15) is 0 Å². The minimum absolute atomic E-state index is 0.0821. The van der Waals surface area contributed by atoms with Gasteiger partial charge in [-0.1, -0.05) is 13.0 Å². The molecule has 5 heteroatoms. The van der Waals surface area contributed by atoms with Crippen LogP contribution in [0.1, 0.15) is 18.3 Å². The molecular weight excluding hydrogens is 254 g/mol. The van der Waals surface area contributed by atoms with Crippen LogP contribution in [0.2, 0.25) is 0 Å². The average molecular weight is 277 g/mol. The Hall–Kier alpha value is -1.43. The quantitative estimate of drug-likeness (QED) is 0.604. The first-order valence-electron chi connectivity index (χ1n) is 7.20. The van der Waals surface area contributed by atoms with E-state index in [9.17, 15) is 0 Å². The standard InChI is InChI=1S/C15H23N3O2/c1-2-12-3-4-13-14(11-12)18-15(17-13)5-6-16-7-9-20-10-8-19/h3-4,11,16,19H,2,5-10H2,1H3,(H,17,18). The smallest absolute Gasteiger partial charge is 0.108 e. The summed E-state index contributed by atoms with van der Waals surface area (Å²) in [5.74, 6) is 1.01. The third-order valence-corrected chi connectivity index (χ3v) is 3.20. The zero-order valence-corrected chi connectivity index (χ0v) is 12.0. The number of nitrogens with zero attached hydrogens (tertiary/aromatic N) is 1. The van der Waals surface area contributed by atoms with Crippen molar-refractivity contribution in [1.82, 2.24) is 15.3 Å². The number of hydrogen-bond acceptors (Lipinski definition) is 4. The Kier molecular flexibility index (Phi) is 5.98. The summed E-state index contributed by atoms with van der Waals surface area (Å²) in [6, 6.07) is 6.37. The van der Waals surface area contributed by atoms with Crippen LogP contribution in [0.5, 0.6) is 0 Å². The lowest BCUT2D eigenvalue weighted by Gasteiger charge is -2.03. The van der Waals surface area contributed by atoms with Gasteiger partial charge in [0.25, 0.3) is 0 Å². The summed E-state index contributed by atoms with van der Waals surface area (Å²) in [6.45, 7) is 4.93. The number of benzene rings is 1. The molecule has 0 aliphatic carbocycles. The molecule has 0 bridgehead atoms. The van der Waals surface area contributed by atoms with E-state index in [2.05, 4.69) is 40.4 Å². The number of H-pyrrole nitrogens is 1. The predicted octanol–water partition coefficient (Wildman–Crippen LogP) is 1.27. The zero-order valence-electron chi connectivity index (χ0n) is 12.0. The molecule has 0 saturated heterocycles. The second-order valence-corrected chi connectivity index (χ2v) is 4.72. The van der Waals surface area contributed by atoms with Gasteiger partial charge < -0.3 is 20.1 Å². The van der Waals surface area contributed by atoms with Crippen molar-refractivity contribution in [2.45, 2.75) is 19.8 Å². The summed E-state index contributed by atoms with van der Waals surface area (Å²) >= 11 is 0. The number of aromatic nitrogens is 2. The fourth-order valence-electron chi connectivity index (χ4n) is 2.09. The highest BCUT2D eigenvalue weighted by Gasteiger charge is 2.03. The topological polar surface area (TPSA) is 70.2 Å². The van der Waals surface area contributed by atoms with Crippen LogP contribution in [0.25, 0.3) is 11.0 Å². The summed E-state index contributed by atoms with van der Waals surface area (Å²) in [4.78, 5) is 7.94. The lowest BCUT2D eigenvalue weighted by molar-refractivity contribution is 0.0940. The van der Waals surface area contributed by atoms with Crippen LogP contribution in [0.15, 0.2) is 18.2 Å². The number of aliphatic hydroxyl groups excluding tert-OH is 1. The monoisotopic (exact) mass is 277 g/mol. The van der Waals surface area contributed by atoms with Gasteiger partial charge in [0.2, 0.25) is 0 Å². The van der Waals surface area contributed by atoms with E-state index in [1.54, 1.807) is 0 Å². The largest absolute Gasteiger partial charge is 0.394 e. The molecule has 2 aromatic rings. The first-order chi connectivity index (χ1) is 9.83. The van der Waals surface area contributed by atoms with Crippen molar-refractivity contribution in [1.29, 1.82) is 0 Å². The van der Waals surface area contributed by atoms with Crippen LogP contribution in [0.4, 0.5) is 0 Å². The average Bonchev–Trinajstić information content (AvgIpc) is 2.87. The van der Waals surface area contributed by atoms with E-state index in [-0.39, 0.29) is 6.61 Å². The third-order valence-electron chi connectivity index (χ3n) is 3.20. The van der Waals surface area contributed by atoms with Crippen LogP contribution in [0.3, 0.4) is 0 Å². The van der Waals surface area contributed by atoms with Crippen LogP contribution in [0, 0.1) is 0 Å². The van der Waals surface area contributed by atoms with Crippen molar-refractivity contribution in [2.24, 2.45) is 0 Å². The summed E-state index contributed by atoms with van der Waals surface area (Å²) < 4.78 is 5.17. The third kappa shape index (κ3) is 4.30. The van der Waals surface area contributed by atoms with Crippen molar-refractivity contribution in [3.8, 4) is 0 Å². The van der Waals surface area contributed by atoms with E-state index in [0.29, 0.717) is 13.2 Å². The molecule has 0 aliphatic heterocycles. The van der Waals surface area contributed by atoms with Gasteiger partial charge in [0.05, 0.1) is 30.9 Å². The van der Waals surface area contributed by atoms with Gasteiger partial charge in [0, 0.05) is 19.5 Å². The zero-order chi connectivity index (χ0) is 14.2. The maximum absolute atomic E-state index is 8.57. The number of aryl methyl sites for hydroxylation is 1. The van der Waals surface area contributed by atoms with E-state index >= 15 is 0 Å². The van der Waals surface area contributed by atoms with Gasteiger partial charge in [-0.15, -0.1) is 0 Å². The van der Waals surface area contributed by atoms with E-state index < -0.39 is 0 Å². The summed E-state index contributed by atoms with van der Waals surface area (Å²) in [6.07, 6.45) is 1.91. The van der Waals surface area contributed by atoms with Crippen molar-refractivity contribution in [3.05, 3.63) is 29.6 Å². The Bertz CT molecular complexity index is 525. The minimum Gasteiger partial charge on any atom is -0.394 e.